The van der Waals surface area contributed by atoms with Crippen LogP contribution in [-0.4, -0.2) is 19.9 Å². The van der Waals surface area contributed by atoms with Crippen LogP contribution in [0.25, 0.3) is 10.4 Å². The minimum atomic E-state index is -1.84. The van der Waals surface area contributed by atoms with Gasteiger partial charge in [-0.1, -0.05) is 32.0 Å². The fourth-order valence-corrected chi connectivity index (χ4v) is 2.45. The first-order valence-electron chi connectivity index (χ1n) is 6.78. The molecule has 110 valence electrons. The predicted octanol–water partition coefficient (Wildman–Crippen LogP) is 4.76. The van der Waals surface area contributed by atoms with Gasteiger partial charge < -0.3 is 4.43 Å². The maximum absolute atomic E-state index is 8.74. The van der Waals surface area contributed by atoms with Crippen molar-refractivity contribution in [2.24, 2.45) is 5.11 Å². The van der Waals surface area contributed by atoms with Gasteiger partial charge in [-0.05, 0) is 42.2 Å². The number of nitrogens with zero attached hydrogens (tertiary/aromatic N) is 4. The molecule has 0 fully saturated rings. The number of pyridine rings is 1. The molecule has 0 aromatic carbocycles. The Labute approximate surface area is 122 Å². The zero-order valence-corrected chi connectivity index (χ0v) is 14.2. The number of hydrogen-bond donors (Lipinski definition) is 0. The topological polar surface area (TPSA) is 70.9 Å². The fraction of sp³-hybridized carbons (Fsp3) is 0.643. The summed E-state index contributed by atoms with van der Waals surface area (Å²) in [5, 5.41) is 3.99. The average molecular weight is 292 g/mol. The highest BCUT2D eigenvalue weighted by atomic mass is 28.4. The Morgan fingerprint density at radius 3 is 2.50 bits per heavy atom. The van der Waals surface area contributed by atoms with Crippen molar-refractivity contribution >= 4 is 8.32 Å². The predicted molar refractivity (Wildman–Crippen MR) is 84.0 cm³/mol. The third kappa shape index (κ3) is 4.33. The van der Waals surface area contributed by atoms with Crippen LogP contribution in [0.3, 0.4) is 0 Å². The lowest BCUT2D eigenvalue weighted by molar-refractivity contribution is 0.264. The van der Waals surface area contributed by atoms with Crippen molar-refractivity contribution in [2.45, 2.75) is 51.9 Å². The zero-order valence-electron chi connectivity index (χ0n) is 13.2. The van der Waals surface area contributed by atoms with Crippen LogP contribution in [0.1, 0.15) is 38.1 Å². The number of aromatic nitrogens is 1. The van der Waals surface area contributed by atoms with Gasteiger partial charge in [-0.2, -0.15) is 0 Å². The molecular formula is C14H24N4OSi. The first-order valence-corrected chi connectivity index (χ1v) is 9.69. The minimum Gasteiger partial charge on any atom is -0.416 e. The molecule has 1 atom stereocenters. The van der Waals surface area contributed by atoms with Crippen LogP contribution < -0.4 is 0 Å². The van der Waals surface area contributed by atoms with E-state index in [1.165, 1.54) is 0 Å². The molecule has 0 aliphatic heterocycles. The molecule has 6 heteroatoms. The average Bonchev–Trinajstić information content (AvgIpc) is 2.34. The van der Waals surface area contributed by atoms with Crippen molar-refractivity contribution < 1.29 is 4.43 Å². The van der Waals surface area contributed by atoms with Crippen LogP contribution in [0, 0.1) is 6.92 Å². The van der Waals surface area contributed by atoms with Gasteiger partial charge in [0.25, 0.3) is 0 Å². The molecule has 20 heavy (non-hydrogen) atoms. The van der Waals surface area contributed by atoms with Gasteiger partial charge in [0.1, 0.15) is 0 Å². The van der Waals surface area contributed by atoms with E-state index in [0.717, 1.165) is 11.3 Å². The van der Waals surface area contributed by atoms with Crippen molar-refractivity contribution in [3.05, 3.63) is 40.0 Å². The summed E-state index contributed by atoms with van der Waals surface area (Å²) in [6.07, 6.45) is 1.75. The Kier molecular flexibility index (Phi) is 5.33. The lowest BCUT2D eigenvalue weighted by Crippen LogP contribution is -2.41. The molecule has 0 saturated heterocycles. The summed E-state index contributed by atoms with van der Waals surface area (Å²) < 4.78 is 6.14. The normalized spacial score (nSPS) is 13.7. The molecular weight excluding hydrogens is 268 g/mol. The quantitative estimate of drug-likeness (QED) is 0.339. The lowest BCUT2D eigenvalue weighted by Gasteiger charge is -2.36. The molecule has 0 amide bonds. The van der Waals surface area contributed by atoms with Gasteiger partial charge in [0.2, 0.25) is 0 Å². The molecule has 5 nitrogen and oxygen atoms in total. The van der Waals surface area contributed by atoms with Gasteiger partial charge in [-0.15, -0.1) is 0 Å². The summed E-state index contributed by atoms with van der Waals surface area (Å²) >= 11 is 0. The summed E-state index contributed by atoms with van der Waals surface area (Å²) in [6, 6.07) is 3.54. The summed E-state index contributed by atoms with van der Waals surface area (Å²) in [7, 11) is -1.84. The Morgan fingerprint density at radius 2 is 2.05 bits per heavy atom. The summed E-state index contributed by atoms with van der Waals surface area (Å²) in [4.78, 5) is 7.18. The highest BCUT2D eigenvalue weighted by Crippen LogP contribution is 2.37. The maximum Gasteiger partial charge on any atom is 0.192 e. The highest BCUT2D eigenvalue weighted by Gasteiger charge is 2.37. The van der Waals surface area contributed by atoms with Gasteiger partial charge in [0.05, 0.1) is 6.04 Å². The Hall–Kier alpha value is -1.36. The van der Waals surface area contributed by atoms with Crippen LogP contribution in [0.15, 0.2) is 23.4 Å². The van der Waals surface area contributed by atoms with Gasteiger partial charge >= 0.3 is 0 Å². The SMILES string of the molecule is Cc1ccc(C(CO[Si](C)(C)C(C)(C)C)N=[N+]=[N-])cn1. The third-order valence-corrected chi connectivity index (χ3v) is 8.42. The van der Waals surface area contributed by atoms with Crippen LogP contribution in [0.2, 0.25) is 18.1 Å². The first kappa shape index (κ1) is 16.7. The number of azide groups is 1. The minimum absolute atomic E-state index is 0.138. The molecule has 0 spiro atoms. The van der Waals surface area contributed by atoms with E-state index in [-0.39, 0.29) is 11.1 Å². The summed E-state index contributed by atoms with van der Waals surface area (Å²) in [6.45, 7) is 13.3. The van der Waals surface area contributed by atoms with E-state index in [1.807, 2.05) is 19.1 Å². The monoisotopic (exact) mass is 292 g/mol. The lowest BCUT2D eigenvalue weighted by atomic mass is 10.1. The smallest absolute Gasteiger partial charge is 0.192 e. The van der Waals surface area contributed by atoms with Gasteiger partial charge in [-0.25, -0.2) is 0 Å². The third-order valence-electron chi connectivity index (χ3n) is 3.92. The van der Waals surface area contributed by atoms with E-state index in [2.05, 4.69) is 48.9 Å². The number of rotatable bonds is 5. The van der Waals surface area contributed by atoms with Gasteiger partial charge in [-0.3, -0.25) is 4.98 Å². The molecule has 1 rings (SSSR count). The molecule has 1 aromatic rings. The Morgan fingerprint density at radius 1 is 1.40 bits per heavy atom. The van der Waals surface area contributed by atoms with Crippen LogP contribution in [0.5, 0.6) is 0 Å². The zero-order chi connectivity index (χ0) is 15.4. The van der Waals surface area contributed by atoms with Crippen LogP contribution in [-0.2, 0) is 4.43 Å². The largest absolute Gasteiger partial charge is 0.416 e. The number of aryl methyl sites for hydroxylation is 1. The molecule has 1 unspecified atom stereocenters. The van der Waals surface area contributed by atoms with E-state index in [1.54, 1.807) is 6.20 Å². The maximum atomic E-state index is 8.74. The first-order chi connectivity index (χ1) is 9.17. The molecule has 0 aliphatic carbocycles. The second-order valence-corrected chi connectivity index (χ2v) is 11.3. The van der Waals surface area contributed by atoms with E-state index in [9.17, 15) is 0 Å². The fourth-order valence-electron chi connectivity index (χ4n) is 1.44. The second-order valence-electron chi connectivity index (χ2n) is 6.52. The molecule has 0 N–H and O–H groups in total. The van der Waals surface area contributed by atoms with E-state index in [4.69, 9.17) is 9.96 Å². The van der Waals surface area contributed by atoms with E-state index >= 15 is 0 Å². The highest BCUT2D eigenvalue weighted by molar-refractivity contribution is 6.74. The number of hydrogen-bond acceptors (Lipinski definition) is 3. The molecule has 0 radical (unpaired) electrons. The van der Waals surface area contributed by atoms with Gasteiger partial charge in [0.15, 0.2) is 8.32 Å². The van der Waals surface area contributed by atoms with Gasteiger partial charge in [0, 0.05) is 23.4 Å². The second kappa shape index (κ2) is 6.39. The van der Waals surface area contributed by atoms with E-state index in [0.29, 0.717) is 6.61 Å². The van der Waals surface area contributed by atoms with Crippen molar-refractivity contribution in [1.82, 2.24) is 4.98 Å². The van der Waals surface area contributed by atoms with Crippen molar-refractivity contribution in [3.8, 4) is 0 Å². The standard InChI is InChI=1S/C14H24N4OSi/c1-11-7-8-12(9-16-11)13(17-18-15)10-19-20(5,6)14(2,3)4/h7-9,13H,10H2,1-6H3. The Bertz CT molecular complexity index is 487. The summed E-state index contributed by atoms with van der Waals surface area (Å²) in [5.74, 6) is 0. The van der Waals surface area contributed by atoms with Crippen LogP contribution >= 0.6 is 0 Å². The van der Waals surface area contributed by atoms with Crippen LogP contribution in [0.4, 0.5) is 0 Å². The van der Waals surface area contributed by atoms with Crippen molar-refractivity contribution in [2.75, 3.05) is 6.61 Å². The van der Waals surface area contributed by atoms with E-state index < -0.39 is 8.32 Å². The van der Waals surface area contributed by atoms with Crippen molar-refractivity contribution in [1.29, 1.82) is 0 Å². The molecule has 1 aromatic heterocycles. The molecule has 0 aliphatic rings. The Balaban J connectivity index is 2.84. The molecule has 1 heterocycles. The molecule has 0 bridgehead atoms. The summed E-state index contributed by atoms with van der Waals surface area (Å²) in [5.41, 5.74) is 10.6. The van der Waals surface area contributed by atoms with Crippen molar-refractivity contribution in [3.63, 3.8) is 0 Å². The molecule has 0 saturated carbocycles.